The molecule has 1 fully saturated rings. The smallest absolute Gasteiger partial charge is 0.238 e. The van der Waals surface area contributed by atoms with Gasteiger partial charge in [-0.05, 0) is 84.8 Å². The first-order valence-corrected chi connectivity index (χ1v) is 13.5. The summed E-state index contributed by atoms with van der Waals surface area (Å²) >= 11 is 3.86. The zero-order valence-electron chi connectivity index (χ0n) is 20.7. The van der Waals surface area contributed by atoms with E-state index in [0.717, 1.165) is 54.2 Å². The fourth-order valence-corrected chi connectivity index (χ4v) is 6.01. The Balaban J connectivity index is 1.31. The number of pyridine rings is 1. The molecule has 1 aromatic carbocycles. The van der Waals surface area contributed by atoms with Gasteiger partial charge in [0, 0.05) is 36.2 Å². The Labute approximate surface area is 219 Å². The van der Waals surface area contributed by atoms with E-state index in [1.54, 1.807) is 13.4 Å². The van der Waals surface area contributed by atoms with E-state index in [9.17, 15) is 0 Å². The van der Waals surface area contributed by atoms with Crippen LogP contribution in [0.3, 0.4) is 0 Å². The Bertz CT molecular complexity index is 1390. The summed E-state index contributed by atoms with van der Waals surface area (Å²) in [5.41, 5.74) is 5.04. The van der Waals surface area contributed by atoms with Gasteiger partial charge < -0.3 is 14.2 Å². The van der Waals surface area contributed by atoms with E-state index in [0.29, 0.717) is 17.4 Å². The Hall–Kier alpha value is -3.20. The van der Waals surface area contributed by atoms with E-state index in [-0.39, 0.29) is 5.92 Å². The number of nitrogens with zero attached hydrogens (tertiary/aromatic N) is 7. The molecule has 9 heteroatoms. The second-order valence-electron chi connectivity index (χ2n) is 9.62. The van der Waals surface area contributed by atoms with Gasteiger partial charge in [-0.1, -0.05) is 6.07 Å². The van der Waals surface area contributed by atoms with Crippen molar-refractivity contribution in [2.75, 3.05) is 25.1 Å². The van der Waals surface area contributed by atoms with Crippen molar-refractivity contribution in [1.29, 1.82) is 0 Å². The second kappa shape index (κ2) is 9.69. The van der Waals surface area contributed by atoms with Crippen molar-refractivity contribution in [2.24, 2.45) is 0 Å². The van der Waals surface area contributed by atoms with Crippen molar-refractivity contribution in [2.45, 2.75) is 51.5 Å². The number of rotatable bonds is 5. The molecule has 3 aromatic heterocycles. The predicted octanol–water partition coefficient (Wildman–Crippen LogP) is 5.52. The van der Waals surface area contributed by atoms with Gasteiger partial charge in [-0.15, -0.1) is 5.10 Å². The lowest BCUT2D eigenvalue weighted by atomic mass is 9.91. The maximum atomic E-state index is 5.61. The number of methoxy groups -OCH3 is 1. The fourth-order valence-electron chi connectivity index (χ4n) is 5.36. The molecule has 0 N–H and O–H groups in total. The minimum absolute atomic E-state index is 0.210. The van der Waals surface area contributed by atoms with E-state index < -0.39 is 0 Å². The predicted molar refractivity (Wildman–Crippen MR) is 143 cm³/mol. The van der Waals surface area contributed by atoms with E-state index in [2.05, 4.69) is 48.7 Å². The number of hydrogen-bond acceptors (Lipinski definition) is 6. The molecular formula is C27H30BrN7O. The van der Waals surface area contributed by atoms with Crippen LogP contribution in [0.2, 0.25) is 0 Å². The molecule has 0 aliphatic carbocycles. The lowest BCUT2D eigenvalue weighted by Crippen LogP contribution is -2.29. The Morgan fingerprint density at radius 2 is 1.81 bits per heavy atom. The lowest BCUT2D eigenvalue weighted by Gasteiger charge is -2.30. The molecule has 0 saturated carbocycles. The summed E-state index contributed by atoms with van der Waals surface area (Å²) in [5.74, 6) is 2.37. The molecule has 6 rings (SSSR count). The summed E-state index contributed by atoms with van der Waals surface area (Å²) in [5, 5.41) is 4.84. The molecule has 0 radical (unpaired) electrons. The Kier molecular flexibility index (Phi) is 6.25. The lowest BCUT2D eigenvalue weighted by molar-refractivity contribution is 0.396. The maximum absolute atomic E-state index is 5.61. The molecule has 4 aromatic rings. The summed E-state index contributed by atoms with van der Waals surface area (Å²) in [6.45, 7) is 5.10. The first-order valence-electron chi connectivity index (χ1n) is 12.7. The average molecular weight is 548 g/mol. The van der Waals surface area contributed by atoms with Crippen LogP contribution in [0.1, 0.15) is 55.1 Å². The molecule has 0 spiro atoms. The third-order valence-corrected chi connectivity index (χ3v) is 7.83. The van der Waals surface area contributed by atoms with Gasteiger partial charge in [0.1, 0.15) is 17.2 Å². The van der Waals surface area contributed by atoms with Gasteiger partial charge in [-0.25, -0.2) is 19.6 Å². The SMILES string of the molecule is COc1nc(-c2nc3n(n2)CCC[C@@H]3c2ccc(N3CCCCC3)c(Br)c2)ccc1-n1cnc(C)c1. The monoisotopic (exact) mass is 547 g/mol. The van der Waals surface area contributed by atoms with Crippen molar-refractivity contribution in [3.63, 3.8) is 0 Å². The highest BCUT2D eigenvalue weighted by atomic mass is 79.9. The molecular weight excluding hydrogens is 518 g/mol. The highest BCUT2D eigenvalue weighted by Gasteiger charge is 2.28. The molecule has 0 unspecified atom stereocenters. The van der Waals surface area contributed by atoms with Crippen LogP contribution in [0.5, 0.6) is 5.88 Å². The van der Waals surface area contributed by atoms with Crippen molar-refractivity contribution >= 4 is 21.6 Å². The van der Waals surface area contributed by atoms with Gasteiger partial charge in [0.2, 0.25) is 5.88 Å². The molecule has 2 aliphatic rings. The van der Waals surface area contributed by atoms with Gasteiger partial charge >= 0.3 is 0 Å². The van der Waals surface area contributed by atoms with E-state index >= 15 is 0 Å². The molecule has 1 atom stereocenters. The minimum atomic E-state index is 0.210. The largest absolute Gasteiger partial charge is 0.479 e. The van der Waals surface area contributed by atoms with Crippen LogP contribution in [0.15, 0.2) is 47.3 Å². The standard InChI is InChI=1S/C27H30BrN7O/c1-18-16-34(17-29-18)24-11-9-22(30-27(24)36-2)25-31-26-20(7-6-14-35(26)32-25)19-8-10-23(21(28)15-19)33-12-4-3-5-13-33/h8-11,15-17,20H,3-7,12-14H2,1-2H3/t20-/m1/s1. The number of imidazole rings is 1. The number of aromatic nitrogens is 6. The normalized spacial score (nSPS) is 17.8. The van der Waals surface area contributed by atoms with Gasteiger partial charge in [-0.3, -0.25) is 0 Å². The Morgan fingerprint density at radius 1 is 0.972 bits per heavy atom. The van der Waals surface area contributed by atoms with Crippen molar-refractivity contribution in [1.82, 2.24) is 29.3 Å². The van der Waals surface area contributed by atoms with E-state index in [4.69, 9.17) is 19.8 Å². The van der Waals surface area contributed by atoms with Crippen LogP contribution in [-0.4, -0.2) is 49.5 Å². The molecule has 1 saturated heterocycles. The third kappa shape index (κ3) is 4.30. The zero-order valence-corrected chi connectivity index (χ0v) is 22.3. The molecule has 0 amide bonds. The maximum Gasteiger partial charge on any atom is 0.238 e. The van der Waals surface area contributed by atoms with Gasteiger partial charge in [-0.2, -0.15) is 0 Å². The van der Waals surface area contributed by atoms with Crippen molar-refractivity contribution in [3.8, 4) is 23.1 Å². The number of benzene rings is 1. The van der Waals surface area contributed by atoms with Crippen LogP contribution in [0, 0.1) is 6.92 Å². The van der Waals surface area contributed by atoms with Gasteiger partial charge in [0.25, 0.3) is 0 Å². The van der Waals surface area contributed by atoms with Crippen molar-refractivity contribution in [3.05, 3.63) is 64.4 Å². The summed E-state index contributed by atoms with van der Waals surface area (Å²) in [7, 11) is 1.63. The van der Waals surface area contributed by atoms with Gasteiger partial charge in [0.05, 0.1) is 24.8 Å². The molecule has 0 bridgehead atoms. The summed E-state index contributed by atoms with van der Waals surface area (Å²) in [6.07, 6.45) is 9.71. The van der Waals surface area contributed by atoms with Crippen LogP contribution >= 0.6 is 15.9 Å². The van der Waals surface area contributed by atoms with Crippen molar-refractivity contribution < 1.29 is 4.74 Å². The highest BCUT2D eigenvalue weighted by molar-refractivity contribution is 9.10. The van der Waals surface area contributed by atoms with Crippen LogP contribution in [0.25, 0.3) is 17.2 Å². The highest BCUT2D eigenvalue weighted by Crippen LogP contribution is 2.38. The Morgan fingerprint density at radius 3 is 2.56 bits per heavy atom. The zero-order chi connectivity index (χ0) is 24.6. The summed E-state index contributed by atoms with van der Waals surface area (Å²) in [4.78, 5) is 16.5. The summed E-state index contributed by atoms with van der Waals surface area (Å²) < 4.78 is 10.7. The first kappa shape index (κ1) is 23.2. The number of anilines is 1. The first-order chi connectivity index (χ1) is 17.6. The average Bonchev–Trinajstić information content (AvgIpc) is 3.55. The van der Waals surface area contributed by atoms with Crippen LogP contribution in [-0.2, 0) is 6.54 Å². The quantitative estimate of drug-likeness (QED) is 0.327. The number of ether oxygens (including phenoxy) is 1. The number of piperidine rings is 1. The van der Waals surface area contributed by atoms with Gasteiger partial charge in [0.15, 0.2) is 5.82 Å². The van der Waals surface area contributed by atoms with Crippen LogP contribution < -0.4 is 9.64 Å². The molecule has 8 nitrogen and oxygen atoms in total. The van der Waals surface area contributed by atoms with E-state index in [1.807, 2.05) is 29.8 Å². The number of aryl methyl sites for hydroxylation is 2. The molecule has 36 heavy (non-hydrogen) atoms. The molecule has 5 heterocycles. The number of halogens is 1. The molecule has 186 valence electrons. The number of fused-ring (bicyclic) bond motifs is 1. The second-order valence-corrected chi connectivity index (χ2v) is 10.5. The number of hydrogen-bond donors (Lipinski definition) is 0. The van der Waals surface area contributed by atoms with Crippen LogP contribution in [0.4, 0.5) is 5.69 Å². The minimum Gasteiger partial charge on any atom is -0.479 e. The fraction of sp³-hybridized carbons (Fsp3) is 0.407. The summed E-state index contributed by atoms with van der Waals surface area (Å²) in [6, 6.07) is 10.8. The molecule has 2 aliphatic heterocycles. The van der Waals surface area contributed by atoms with E-state index in [1.165, 1.54) is 30.5 Å². The third-order valence-electron chi connectivity index (χ3n) is 7.20. The topological polar surface area (TPSA) is 73.9 Å².